The summed E-state index contributed by atoms with van der Waals surface area (Å²) in [7, 11) is 0. The number of nitriles is 1. The predicted molar refractivity (Wildman–Crippen MR) is 68.5 cm³/mol. The summed E-state index contributed by atoms with van der Waals surface area (Å²) < 4.78 is 0. The zero-order chi connectivity index (χ0) is 12.9. The van der Waals surface area contributed by atoms with Gasteiger partial charge in [-0.3, -0.25) is 4.79 Å². The summed E-state index contributed by atoms with van der Waals surface area (Å²) in [5, 5.41) is 11.5. The van der Waals surface area contributed by atoms with E-state index in [1.165, 1.54) is 6.07 Å². The third-order valence-electron chi connectivity index (χ3n) is 2.26. The first-order chi connectivity index (χ1) is 8.04. The van der Waals surface area contributed by atoms with Crippen molar-refractivity contribution in [2.45, 2.75) is 12.5 Å². The molecule has 90 valence electrons. The van der Waals surface area contributed by atoms with Crippen LogP contribution >= 0.6 is 23.2 Å². The number of hydrogen-bond acceptors (Lipinski definition) is 2. The van der Waals surface area contributed by atoms with E-state index in [4.69, 9.17) is 28.5 Å². The number of alkyl halides is 2. The number of rotatable bonds is 4. The Balaban J connectivity index is 2.87. The summed E-state index contributed by atoms with van der Waals surface area (Å²) in [6.07, 6.45) is 0. The van der Waals surface area contributed by atoms with Crippen LogP contribution in [0, 0.1) is 11.3 Å². The zero-order valence-electron chi connectivity index (χ0n) is 9.34. The fourth-order valence-corrected chi connectivity index (χ4v) is 1.60. The third kappa shape index (κ3) is 3.62. The minimum absolute atomic E-state index is 0.222. The molecule has 0 aliphatic carbocycles. The van der Waals surface area contributed by atoms with Crippen molar-refractivity contribution in [1.82, 2.24) is 5.32 Å². The van der Waals surface area contributed by atoms with E-state index in [2.05, 4.69) is 5.32 Å². The first-order valence-electron chi connectivity index (χ1n) is 4.99. The molecule has 0 atom stereocenters. The Morgan fingerprint density at radius 3 is 2.65 bits per heavy atom. The van der Waals surface area contributed by atoms with Crippen molar-refractivity contribution >= 4 is 29.1 Å². The average molecular weight is 271 g/mol. The summed E-state index contributed by atoms with van der Waals surface area (Å²) in [5.74, 6) is 0.159. The van der Waals surface area contributed by atoms with Gasteiger partial charge in [-0.1, -0.05) is 6.07 Å². The van der Waals surface area contributed by atoms with E-state index in [0.29, 0.717) is 11.1 Å². The van der Waals surface area contributed by atoms with Crippen LogP contribution in [0.1, 0.15) is 22.8 Å². The van der Waals surface area contributed by atoms with Crippen LogP contribution in [0.15, 0.2) is 24.3 Å². The molecule has 0 saturated carbocycles. The normalized spacial score (nSPS) is 10.7. The van der Waals surface area contributed by atoms with Crippen molar-refractivity contribution < 1.29 is 4.79 Å². The number of halogens is 2. The molecule has 1 aromatic carbocycles. The van der Waals surface area contributed by atoms with Crippen LogP contribution in [-0.4, -0.2) is 23.2 Å². The molecule has 0 spiro atoms. The quantitative estimate of drug-likeness (QED) is 0.855. The molecule has 0 bridgehead atoms. The van der Waals surface area contributed by atoms with Crippen LogP contribution in [0.25, 0.3) is 0 Å². The number of carbonyl (C=O) groups is 1. The highest BCUT2D eigenvalue weighted by Crippen LogP contribution is 2.11. The van der Waals surface area contributed by atoms with E-state index >= 15 is 0 Å². The smallest absolute Gasteiger partial charge is 0.251 e. The van der Waals surface area contributed by atoms with Gasteiger partial charge in [0.1, 0.15) is 0 Å². The van der Waals surface area contributed by atoms with Gasteiger partial charge in [-0.25, -0.2) is 0 Å². The lowest BCUT2D eigenvalue weighted by molar-refractivity contribution is 0.0921. The summed E-state index contributed by atoms with van der Waals surface area (Å²) in [6, 6.07) is 8.44. The maximum absolute atomic E-state index is 11.9. The van der Waals surface area contributed by atoms with Crippen LogP contribution in [0.3, 0.4) is 0 Å². The predicted octanol–water partition coefficient (Wildman–Crippen LogP) is 2.52. The average Bonchev–Trinajstić information content (AvgIpc) is 2.38. The van der Waals surface area contributed by atoms with E-state index in [-0.39, 0.29) is 17.7 Å². The van der Waals surface area contributed by atoms with Crippen molar-refractivity contribution in [2.75, 3.05) is 11.8 Å². The van der Waals surface area contributed by atoms with Crippen molar-refractivity contribution in [1.29, 1.82) is 5.26 Å². The number of amides is 1. The Morgan fingerprint density at radius 1 is 1.47 bits per heavy atom. The second kappa shape index (κ2) is 5.90. The van der Waals surface area contributed by atoms with Crippen molar-refractivity contribution in [3.8, 4) is 6.07 Å². The number of benzene rings is 1. The van der Waals surface area contributed by atoms with Crippen LogP contribution in [0.4, 0.5) is 0 Å². The topological polar surface area (TPSA) is 52.9 Å². The molecular weight excluding hydrogens is 259 g/mol. The van der Waals surface area contributed by atoms with Gasteiger partial charge in [0, 0.05) is 17.3 Å². The van der Waals surface area contributed by atoms with Gasteiger partial charge in [-0.2, -0.15) is 5.26 Å². The molecule has 0 unspecified atom stereocenters. The maximum atomic E-state index is 11.9. The monoisotopic (exact) mass is 270 g/mol. The lowest BCUT2D eigenvalue weighted by atomic mass is 10.1. The van der Waals surface area contributed by atoms with Crippen LogP contribution < -0.4 is 5.32 Å². The Morgan fingerprint density at radius 2 is 2.12 bits per heavy atom. The van der Waals surface area contributed by atoms with Gasteiger partial charge >= 0.3 is 0 Å². The molecule has 1 aromatic rings. The Kier molecular flexibility index (Phi) is 4.80. The molecule has 5 heteroatoms. The van der Waals surface area contributed by atoms with Gasteiger partial charge < -0.3 is 5.32 Å². The van der Waals surface area contributed by atoms with Gasteiger partial charge in [-0.05, 0) is 25.1 Å². The number of nitrogens with zero attached hydrogens (tertiary/aromatic N) is 1. The van der Waals surface area contributed by atoms with Crippen molar-refractivity contribution in [3.63, 3.8) is 0 Å². The lowest BCUT2D eigenvalue weighted by Gasteiger charge is -2.25. The minimum Gasteiger partial charge on any atom is -0.344 e. The van der Waals surface area contributed by atoms with E-state index in [1.807, 2.05) is 6.07 Å². The SMILES string of the molecule is CC(CCl)(CCl)NC(=O)c1cccc(C#N)c1. The molecule has 0 radical (unpaired) electrons. The van der Waals surface area contributed by atoms with Crippen LogP contribution in [-0.2, 0) is 0 Å². The summed E-state index contributed by atoms with van der Waals surface area (Å²) >= 11 is 11.5. The zero-order valence-corrected chi connectivity index (χ0v) is 10.8. The van der Waals surface area contributed by atoms with Gasteiger partial charge in [0.15, 0.2) is 0 Å². The second-order valence-electron chi connectivity index (χ2n) is 3.97. The van der Waals surface area contributed by atoms with E-state index in [0.717, 1.165) is 0 Å². The van der Waals surface area contributed by atoms with E-state index in [1.54, 1.807) is 25.1 Å². The van der Waals surface area contributed by atoms with Crippen LogP contribution in [0.2, 0.25) is 0 Å². The Bertz CT molecular complexity index is 450. The molecule has 1 rings (SSSR count). The maximum Gasteiger partial charge on any atom is 0.251 e. The molecular formula is C12H12Cl2N2O. The Labute approximate surface area is 110 Å². The van der Waals surface area contributed by atoms with Gasteiger partial charge in [0.25, 0.3) is 5.91 Å². The minimum atomic E-state index is -0.650. The van der Waals surface area contributed by atoms with Crippen molar-refractivity contribution in [2.24, 2.45) is 0 Å². The Hall–Kier alpha value is -1.24. The number of hydrogen-bond donors (Lipinski definition) is 1. The molecule has 0 aliphatic rings. The van der Waals surface area contributed by atoms with Gasteiger partial charge in [0.2, 0.25) is 0 Å². The molecule has 1 amide bonds. The molecule has 0 heterocycles. The highest BCUT2D eigenvalue weighted by molar-refractivity contribution is 6.22. The first kappa shape index (κ1) is 13.8. The molecule has 17 heavy (non-hydrogen) atoms. The third-order valence-corrected chi connectivity index (χ3v) is 3.44. The largest absolute Gasteiger partial charge is 0.344 e. The lowest BCUT2D eigenvalue weighted by Crippen LogP contribution is -2.49. The second-order valence-corrected chi connectivity index (χ2v) is 4.51. The van der Waals surface area contributed by atoms with Crippen molar-refractivity contribution in [3.05, 3.63) is 35.4 Å². The number of nitrogens with one attached hydrogen (secondary N) is 1. The van der Waals surface area contributed by atoms with Gasteiger partial charge in [0.05, 0.1) is 17.2 Å². The molecule has 0 aromatic heterocycles. The summed E-state index contributed by atoms with van der Waals surface area (Å²) in [6.45, 7) is 1.76. The number of carbonyl (C=O) groups excluding carboxylic acids is 1. The van der Waals surface area contributed by atoms with E-state index < -0.39 is 5.54 Å². The van der Waals surface area contributed by atoms with Gasteiger partial charge in [-0.15, -0.1) is 23.2 Å². The van der Waals surface area contributed by atoms with Crippen LogP contribution in [0.5, 0.6) is 0 Å². The highest BCUT2D eigenvalue weighted by Gasteiger charge is 2.24. The summed E-state index contributed by atoms with van der Waals surface area (Å²) in [4.78, 5) is 11.9. The molecule has 1 N–H and O–H groups in total. The first-order valence-corrected chi connectivity index (χ1v) is 6.06. The highest BCUT2D eigenvalue weighted by atomic mass is 35.5. The fourth-order valence-electron chi connectivity index (χ4n) is 1.18. The molecule has 0 saturated heterocycles. The summed E-state index contributed by atoms with van der Waals surface area (Å²) in [5.41, 5.74) is 0.213. The van der Waals surface area contributed by atoms with E-state index in [9.17, 15) is 4.79 Å². The molecule has 0 aliphatic heterocycles. The molecule has 0 fully saturated rings. The standard InChI is InChI=1S/C12H12Cl2N2O/c1-12(7-13,8-14)16-11(17)10-4-2-3-9(5-10)6-15/h2-5H,7-8H2,1H3,(H,16,17). The molecule has 3 nitrogen and oxygen atoms in total. The fraction of sp³-hybridized carbons (Fsp3) is 0.333.